The number of halogens is 2. The summed E-state index contributed by atoms with van der Waals surface area (Å²) < 4.78 is 38.6. The number of benzene rings is 1. The molecule has 0 saturated carbocycles. The Bertz CT molecular complexity index is 493. The van der Waals surface area contributed by atoms with Crippen LogP contribution >= 0.6 is 11.6 Å². The van der Waals surface area contributed by atoms with E-state index in [2.05, 4.69) is 4.72 Å². The molecule has 0 radical (unpaired) electrons. The van der Waals surface area contributed by atoms with Gasteiger partial charge in [-0.1, -0.05) is 17.7 Å². The number of hydrogen-bond donors (Lipinski definition) is 2. The zero-order valence-electron chi connectivity index (χ0n) is 9.28. The van der Waals surface area contributed by atoms with Gasteiger partial charge in [0.2, 0.25) is 10.0 Å². The molecule has 0 aliphatic carbocycles. The van der Waals surface area contributed by atoms with Crippen molar-refractivity contribution in [3.05, 3.63) is 34.6 Å². The van der Waals surface area contributed by atoms with Crippen LogP contribution < -0.4 is 10.5 Å². The summed E-state index contributed by atoms with van der Waals surface area (Å²) in [6.45, 7) is 1.87. The maximum Gasteiger partial charge on any atom is 0.216 e. The van der Waals surface area contributed by atoms with E-state index >= 15 is 0 Å². The first-order chi connectivity index (χ1) is 7.84. The summed E-state index contributed by atoms with van der Waals surface area (Å²) in [7, 11) is -3.49. The summed E-state index contributed by atoms with van der Waals surface area (Å²) in [6.07, 6.45) is 0. The van der Waals surface area contributed by atoms with Crippen LogP contribution in [0.25, 0.3) is 0 Å². The molecule has 0 aliphatic heterocycles. The third kappa shape index (κ3) is 4.59. The molecule has 4 nitrogen and oxygen atoms in total. The lowest BCUT2D eigenvalue weighted by Gasteiger charge is -2.12. The SMILES string of the molecule is C[C@@H](CN)NS(=O)(=O)Cc1ccc(F)c(Cl)c1. The normalized spacial score (nSPS) is 13.6. The minimum Gasteiger partial charge on any atom is -0.329 e. The van der Waals surface area contributed by atoms with Crippen LogP contribution in [-0.4, -0.2) is 21.0 Å². The van der Waals surface area contributed by atoms with Crippen LogP contribution in [0.15, 0.2) is 18.2 Å². The number of nitrogens with one attached hydrogen (secondary N) is 1. The molecule has 0 amide bonds. The maximum absolute atomic E-state index is 12.9. The third-order valence-electron chi connectivity index (χ3n) is 2.07. The highest BCUT2D eigenvalue weighted by Gasteiger charge is 2.15. The van der Waals surface area contributed by atoms with Crippen molar-refractivity contribution in [1.82, 2.24) is 4.72 Å². The van der Waals surface area contributed by atoms with Gasteiger partial charge in [-0.2, -0.15) is 0 Å². The van der Waals surface area contributed by atoms with E-state index in [0.29, 0.717) is 5.56 Å². The van der Waals surface area contributed by atoms with Crippen LogP contribution in [0.2, 0.25) is 5.02 Å². The van der Waals surface area contributed by atoms with Gasteiger partial charge in [0.1, 0.15) is 5.82 Å². The number of hydrogen-bond acceptors (Lipinski definition) is 3. The average molecular weight is 281 g/mol. The van der Waals surface area contributed by atoms with Crippen LogP contribution in [0.4, 0.5) is 4.39 Å². The van der Waals surface area contributed by atoms with Gasteiger partial charge in [-0.15, -0.1) is 0 Å². The molecule has 1 rings (SSSR count). The zero-order valence-corrected chi connectivity index (χ0v) is 10.9. The van der Waals surface area contributed by atoms with E-state index in [1.807, 2.05) is 0 Å². The predicted octanol–water partition coefficient (Wildman–Crippen LogP) is 1.25. The fraction of sp³-hybridized carbons (Fsp3) is 0.400. The lowest BCUT2D eigenvalue weighted by Crippen LogP contribution is -2.38. The highest BCUT2D eigenvalue weighted by Crippen LogP contribution is 2.17. The molecule has 0 unspecified atom stereocenters. The van der Waals surface area contributed by atoms with E-state index in [1.165, 1.54) is 12.1 Å². The fourth-order valence-corrected chi connectivity index (χ4v) is 2.86. The smallest absolute Gasteiger partial charge is 0.216 e. The summed E-state index contributed by atoms with van der Waals surface area (Å²) in [4.78, 5) is 0. The van der Waals surface area contributed by atoms with Crippen LogP contribution in [0, 0.1) is 5.82 Å². The van der Waals surface area contributed by atoms with Crippen molar-refractivity contribution in [2.24, 2.45) is 5.73 Å². The summed E-state index contributed by atoms with van der Waals surface area (Å²) in [5.74, 6) is -0.826. The van der Waals surface area contributed by atoms with Crippen molar-refractivity contribution >= 4 is 21.6 Å². The Labute approximate surface area is 105 Å². The summed E-state index contributed by atoms with van der Waals surface area (Å²) in [5.41, 5.74) is 5.74. The quantitative estimate of drug-likeness (QED) is 0.852. The molecule has 0 saturated heterocycles. The molecule has 0 fully saturated rings. The monoisotopic (exact) mass is 280 g/mol. The van der Waals surface area contributed by atoms with Crippen molar-refractivity contribution in [3.8, 4) is 0 Å². The highest BCUT2D eigenvalue weighted by molar-refractivity contribution is 7.88. The Hall–Kier alpha value is -0.690. The van der Waals surface area contributed by atoms with Gasteiger partial charge in [0.15, 0.2) is 0 Å². The van der Waals surface area contributed by atoms with Crippen LogP contribution in [0.3, 0.4) is 0 Å². The second-order valence-corrected chi connectivity index (χ2v) is 5.92. The van der Waals surface area contributed by atoms with Crippen LogP contribution in [0.5, 0.6) is 0 Å². The van der Waals surface area contributed by atoms with Gasteiger partial charge in [-0.3, -0.25) is 0 Å². The molecule has 1 aromatic rings. The number of rotatable bonds is 5. The average Bonchev–Trinajstić information content (AvgIpc) is 2.22. The molecule has 1 atom stereocenters. The Kier molecular flexibility index (Phi) is 4.88. The Morgan fingerprint density at radius 1 is 1.53 bits per heavy atom. The second-order valence-electron chi connectivity index (χ2n) is 3.76. The fourth-order valence-electron chi connectivity index (χ4n) is 1.25. The molecule has 0 bridgehead atoms. The third-order valence-corrected chi connectivity index (χ3v) is 3.84. The Morgan fingerprint density at radius 2 is 2.18 bits per heavy atom. The van der Waals surface area contributed by atoms with Crippen molar-refractivity contribution < 1.29 is 12.8 Å². The van der Waals surface area contributed by atoms with Crippen LogP contribution in [0.1, 0.15) is 12.5 Å². The second kappa shape index (κ2) is 5.77. The molecule has 0 spiro atoms. The van der Waals surface area contributed by atoms with Gasteiger partial charge >= 0.3 is 0 Å². The van der Waals surface area contributed by atoms with Crippen molar-refractivity contribution in [1.29, 1.82) is 0 Å². The zero-order chi connectivity index (χ0) is 13.1. The lowest BCUT2D eigenvalue weighted by molar-refractivity contribution is 0.561. The molecule has 0 heterocycles. The molecule has 0 aliphatic rings. The molecule has 0 aromatic heterocycles. The summed E-state index contributed by atoms with van der Waals surface area (Å²) >= 11 is 5.57. The van der Waals surface area contributed by atoms with Gasteiger partial charge in [0.25, 0.3) is 0 Å². The van der Waals surface area contributed by atoms with Crippen LogP contribution in [-0.2, 0) is 15.8 Å². The first-order valence-corrected chi connectivity index (χ1v) is 7.01. The van der Waals surface area contributed by atoms with Gasteiger partial charge in [-0.05, 0) is 24.6 Å². The highest BCUT2D eigenvalue weighted by atomic mass is 35.5. The van der Waals surface area contributed by atoms with Gasteiger partial charge in [-0.25, -0.2) is 17.5 Å². The summed E-state index contributed by atoms with van der Waals surface area (Å²) in [5, 5.41) is -0.0930. The van der Waals surface area contributed by atoms with Crippen molar-refractivity contribution in [3.63, 3.8) is 0 Å². The lowest BCUT2D eigenvalue weighted by atomic mass is 10.2. The molecular formula is C10H14ClFN2O2S. The van der Waals surface area contributed by atoms with E-state index in [9.17, 15) is 12.8 Å². The molecule has 17 heavy (non-hydrogen) atoms. The molecule has 1 aromatic carbocycles. The van der Waals surface area contributed by atoms with Gasteiger partial charge in [0, 0.05) is 12.6 Å². The predicted molar refractivity (Wildman–Crippen MR) is 65.7 cm³/mol. The van der Waals surface area contributed by atoms with E-state index in [1.54, 1.807) is 6.92 Å². The first kappa shape index (κ1) is 14.4. The van der Waals surface area contributed by atoms with E-state index < -0.39 is 15.8 Å². The molecule has 3 N–H and O–H groups in total. The van der Waals surface area contributed by atoms with Crippen molar-refractivity contribution in [2.45, 2.75) is 18.7 Å². The van der Waals surface area contributed by atoms with Gasteiger partial charge < -0.3 is 5.73 Å². The van der Waals surface area contributed by atoms with Gasteiger partial charge in [0.05, 0.1) is 10.8 Å². The molecule has 7 heteroatoms. The maximum atomic E-state index is 12.9. The Balaban J connectivity index is 2.80. The van der Waals surface area contributed by atoms with E-state index in [4.69, 9.17) is 17.3 Å². The molecular weight excluding hydrogens is 267 g/mol. The minimum atomic E-state index is -3.49. The minimum absolute atomic E-state index is 0.0930. The summed E-state index contributed by atoms with van der Waals surface area (Å²) in [6, 6.07) is 3.48. The number of nitrogens with two attached hydrogens (primary N) is 1. The Morgan fingerprint density at radius 3 is 2.71 bits per heavy atom. The number of sulfonamides is 1. The topological polar surface area (TPSA) is 72.2 Å². The van der Waals surface area contributed by atoms with E-state index in [0.717, 1.165) is 6.07 Å². The van der Waals surface area contributed by atoms with Crippen molar-refractivity contribution in [2.75, 3.05) is 6.54 Å². The standard InChI is InChI=1S/C10H14ClFN2O2S/c1-7(5-13)14-17(15,16)6-8-2-3-10(12)9(11)4-8/h2-4,7,14H,5-6,13H2,1H3/t7-/m0/s1. The molecule has 96 valence electrons. The van der Waals surface area contributed by atoms with E-state index in [-0.39, 0.29) is 23.4 Å². The largest absolute Gasteiger partial charge is 0.329 e. The first-order valence-electron chi connectivity index (χ1n) is 4.98.